The minimum absolute atomic E-state index is 0. The molecule has 0 amide bonds. The molecule has 1 radical (unpaired) electrons. The van der Waals surface area contributed by atoms with Crippen LogP contribution in [0.25, 0.3) is 0 Å². The van der Waals surface area contributed by atoms with Crippen LogP contribution in [0.3, 0.4) is 0 Å². The molecule has 0 saturated heterocycles. The van der Waals surface area contributed by atoms with Crippen LogP contribution in [0, 0.1) is 5.41 Å². The molecule has 2 aromatic carbocycles. The van der Waals surface area contributed by atoms with Gasteiger partial charge in [0.15, 0.2) is 5.96 Å². The Hall–Kier alpha value is -0.811. The zero-order valence-corrected chi connectivity index (χ0v) is 14.3. The fraction of sp³-hybridized carbons (Fsp3) is 0. The zero-order chi connectivity index (χ0) is 11.4. The van der Waals surface area contributed by atoms with Gasteiger partial charge < -0.3 is 39.7 Å². The third kappa shape index (κ3) is 5.36. The molecule has 3 N–H and O–H groups in total. The molecule has 0 bridgehead atoms. The van der Waals surface area contributed by atoms with Gasteiger partial charge >= 0.3 is 17.1 Å². The van der Waals surface area contributed by atoms with Crippen molar-refractivity contribution in [2.24, 2.45) is 5.73 Å². The van der Waals surface area contributed by atoms with Crippen LogP contribution in [0.4, 0.5) is 11.4 Å². The summed E-state index contributed by atoms with van der Waals surface area (Å²) in [7, 11) is 0. The topological polar surface area (TPSA) is 53.1 Å². The zero-order valence-electron chi connectivity index (χ0n) is 9.93. The van der Waals surface area contributed by atoms with E-state index in [4.69, 9.17) is 11.1 Å². The molecule has 3 nitrogen and oxygen atoms in total. The molecule has 0 aliphatic rings. The van der Waals surface area contributed by atoms with E-state index < -0.39 is 0 Å². The molecular formula is C13H13Br2MnN3. The van der Waals surface area contributed by atoms with E-state index in [1.165, 1.54) is 0 Å². The molecule has 19 heavy (non-hydrogen) atoms. The van der Waals surface area contributed by atoms with E-state index in [2.05, 4.69) is 0 Å². The molecule has 0 atom stereocenters. The quantitative estimate of drug-likeness (QED) is 0.301. The largest absolute Gasteiger partial charge is 2.00 e. The number of rotatable bonds is 2. The number of para-hydroxylation sites is 2. The van der Waals surface area contributed by atoms with Crippen molar-refractivity contribution in [2.75, 3.05) is 4.90 Å². The molecule has 2 aromatic rings. The smallest absolute Gasteiger partial charge is 1.00 e. The van der Waals surface area contributed by atoms with Crippen molar-refractivity contribution in [2.45, 2.75) is 0 Å². The molecule has 0 aliphatic carbocycles. The molecule has 0 aromatic heterocycles. The first-order chi connectivity index (χ1) is 7.79. The van der Waals surface area contributed by atoms with Crippen LogP contribution >= 0.6 is 0 Å². The molecule has 6 heteroatoms. The summed E-state index contributed by atoms with van der Waals surface area (Å²) in [6, 6.07) is 19.3. The number of hydrogen-bond acceptors (Lipinski definition) is 1. The molecule has 2 rings (SSSR count). The Morgan fingerprint density at radius 3 is 1.37 bits per heavy atom. The summed E-state index contributed by atoms with van der Waals surface area (Å²) < 4.78 is 0. The van der Waals surface area contributed by atoms with Gasteiger partial charge in [0.05, 0.1) is 0 Å². The fourth-order valence-electron chi connectivity index (χ4n) is 1.58. The van der Waals surface area contributed by atoms with Crippen LogP contribution in [0.2, 0.25) is 0 Å². The van der Waals surface area contributed by atoms with Crippen LogP contribution in [0.1, 0.15) is 0 Å². The number of guanidine groups is 1. The molecule has 0 heterocycles. The second kappa shape index (κ2) is 10.0. The molecule has 0 fully saturated rings. The number of benzene rings is 2. The van der Waals surface area contributed by atoms with Gasteiger partial charge in [0.1, 0.15) is 0 Å². The summed E-state index contributed by atoms with van der Waals surface area (Å²) >= 11 is 0. The van der Waals surface area contributed by atoms with E-state index in [-0.39, 0.29) is 57.0 Å². The van der Waals surface area contributed by atoms with Gasteiger partial charge in [0.2, 0.25) is 0 Å². The molecule has 0 unspecified atom stereocenters. The Bertz CT molecular complexity index is 440. The monoisotopic (exact) mass is 424 g/mol. The number of hydrogen-bond donors (Lipinski definition) is 2. The average Bonchev–Trinajstić information content (AvgIpc) is 2.31. The van der Waals surface area contributed by atoms with Crippen molar-refractivity contribution < 1.29 is 51.0 Å². The van der Waals surface area contributed by atoms with Crippen LogP contribution < -0.4 is 44.6 Å². The predicted octanol–water partition coefficient (Wildman–Crippen LogP) is -3.28. The molecule has 0 saturated carbocycles. The molecule has 0 aliphatic heterocycles. The maximum absolute atomic E-state index is 7.63. The van der Waals surface area contributed by atoms with Crippen LogP contribution in [0.15, 0.2) is 60.7 Å². The number of nitrogens with one attached hydrogen (secondary N) is 1. The average molecular weight is 426 g/mol. The van der Waals surface area contributed by atoms with Crippen LogP contribution in [0.5, 0.6) is 0 Å². The van der Waals surface area contributed by atoms with Gasteiger partial charge in [-0.05, 0) is 24.3 Å². The number of nitrogens with zero attached hydrogens (tertiary/aromatic N) is 1. The summed E-state index contributed by atoms with van der Waals surface area (Å²) in [6.45, 7) is 0. The molecule has 101 valence electrons. The summed E-state index contributed by atoms with van der Waals surface area (Å²) in [4.78, 5) is 1.69. The van der Waals surface area contributed by atoms with Gasteiger partial charge in [-0.2, -0.15) is 0 Å². The normalized spacial score (nSPS) is 8.21. The number of nitrogens with two attached hydrogens (primary N) is 1. The first-order valence-electron chi connectivity index (χ1n) is 5.03. The SMILES string of the molecule is N=C(N)N(c1ccccc1)c1ccccc1.[Br-].[Br-].[Mn+2]. The summed E-state index contributed by atoms with van der Waals surface area (Å²) in [6.07, 6.45) is 0. The van der Waals surface area contributed by atoms with E-state index in [9.17, 15) is 0 Å². The van der Waals surface area contributed by atoms with Gasteiger partial charge in [-0.1, -0.05) is 36.4 Å². The Balaban J connectivity index is 0. The van der Waals surface area contributed by atoms with E-state index in [0.717, 1.165) is 11.4 Å². The van der Waals surface area contributed by atoms with E-state index in [1.807, 2.05) is 60.7 Å². The first kappa shape index (κ1) is 20.5. The van der Waals surface area contributed by atoms with Gasteiger partial charge in [-0.15, -0.1) is 0 Å². The van der Waals surface area contributed by atoms with Crippen molar-refractivity contribution in [3.63, 3.8) is 0 Å². The molecular weight excluding hydrogens is 413 g/mol. The Kier molecular flexibility index (Phi) is 10.8. The van der Waals surface area contributed by atoms with E-state index in [1.54, 1.807) is 4.90 Å². The number of halogens is 2. The van der Waals surface area contributed by atoms with Crippen LogP contribution in [-0.4, -0.2) is 5.96 Å². The van der Waals surface area contributed by atoms with Gasteiger partial charge in [0, 0.05) is 11.4 Å². The second-order valence-corrected chi connectivity index (χ2v) is 3.39. The Labute approximate surface area is 144 Å². The van der Waals surface area contributed by atoms with Crippen LogP contribution in [-0.2, 0) is 17.1 Å². The Morgan fingerprint density at radius 2 is 1.11 bits per heavy atom. The van der Waals surface area contributed by atoms with Gasteiger partial charge in [0.25, 0.3) is 0 Å². The van der Waals surface area contributed by atoms with E-state index in [0.29, 0.717) is 0 Å². The second-order valence-electron chi connectivity index (χ2n) is 3.39. The van der Waals surface area contributed by atoms with E-state index >= 15 is 0 Å². The third-order valence-electron chi connectivity index (χ3n) is 2.27. The fourth-order valence-corrected chi connectivity index (χ4v) is 1.58. The summed E-state index contributed by atoms with van der Waals surface area (Å²) in [5.74, 6) is 0.0115. The predicted molar refractivity (Wildman–Crippen MR) is 66.9 cm³/mol. The minimum Gasteiger partial charge on any atom is -1.00 e. The van der Waals surface area contributed by atoms with Crippen molar-refractivity contribution >= 4 is 17.3 Å². The van der Waals surface area contributed by atoms with Crippen molar-refractivity contribution in [3.05, 3.63) is 60.7 Å². The van der Waals surface area contributed by atoms with Crippen molar-refractivity contribution in [1.29, 1.82) is 5.41 Å². The maximum atomic E-state index is 7.63. The number of anilines is 2. The van der Waals surface area contributed by atoms with Gasteiger partial charge in [-0.3, -0.25) is 10.3 Å². The van der Waals surface area contributed by atoms with Crippen molar-refractivity contribution in [3.8, 4) is 0 Å². The summed E-state index contributed by atoms with van der Waals surface area (Å²) in [5.41, 5.74) is 7.39. The Morgan fingerprint density at radius 1 is 0.789 bits per heavy atom. The maximum Gasteiger partial charge on any atom is 2.00 e. The summed E-state index contributed by atoms with van der Waals surface area (Å²) in [5, 5.41) is 7.63. The third-order valence-corrected chi connectivity index (χ3v) is 2.27. The standard InChI is InChI=1S/C13H13N3.2BrH.Mn/c14-13(15)16(11-7-3-1-4-8-11)12-9-5-2-6-10-12;;;/h1-10H,(H3,14,15);2*1H;/q;;;+2/p-2. The van der Waals surface area contributed by atoms with Crippen molar-refractivity contribution in [1.82, 2.24) is 0 Å². The first-order valence-corrected chi connectivity index (χ1v) is 5.03. The van der Waals surface area contributed by atoms with Gasteiger partial charge in [-0.25, -0.2) is 0 Å². The minimum atomic E-state index is 0. The molecule has 0 spiro atoms.